The van der Waals surface area contributed by atoms with Crippen molar-refractivity contribution >= 4 is 10.1 Å². The molecule has 0 amide bonds. The summed E-state index contributed by atoms with van der Waals surface area (Å²) >= 11 is 0. The third kappa shape index (κ3) is 4.37. The summed E-state index contributed by atoms with van der Waals surface area (Å²) in [5.41, 5.74) is 1.09. The topological polar surface area (TPSA) is 89.5 Å². The zero-order valence-electron chi connectivity index (χ0n) is 19.7. The molecule has 8 nitrogen and oxygen atoms in total. The second-order valence-electron chi connectivity index (χ2n) is 10.4. The van der Waals surface area contributed by atoms with Crippen LogP contribution in [0.25, 0.3) is 0 Å². The van der Waals surface area contributed by atoms with Crippen LogP contribution in [-0.2, 0) is 51.5 Å². The first-order valence-electron chi connectivity index (χ1n) is 11.8. The van der Waals surface area contributed by atoms with Crippen LogP contribution in [0.3, 0.4) is 0 Å². The van der Waals surface area contributed by atoms with Gasteiger partial charge in [-0.25, -0.2) is 9.78 Å². The van der Waals surface area contributed by atoms with Crippen molar-refractivity contribution in [2.45, 2.75) is 83.6 Å². The highest BCUT2D eigenvalue weighted by atomic mass is 32.2. The Hall–Kier alpha value is -1.07. The number of hydrogen-bond acceptors (Lipinski definition) is 8. The molecule has 4 saturated heterocycles. The predicted octanol–water partition coefficient (Wildman–Crippen LogP) is 3.89. The largest absolute Gasteiger partial charge is 0.348 e. The van der Waals surface area contributed by atoms with E-state index in [1.165, 1.54) is 0 Å². The minimum absolute atomic E-state index is 0.000985. The van der Waals surface area contributed by atoms with Crippen molar-refractivity contribution in [2.75, 3.05) is 6.26 Å². The molecule has 2 unspecified atom stereocenters. The van der Waals surface area contributed by atoms with Gasteiger partial charge >= 0.3 is 0 Å². The van der Waals surface area contributed by atoms with Gasteiger partial charge in [0.1, 0.15) is 0 Å². The van der Waals surface area contributed by atoms with Gasteiger partial charge in [-0.1, -0.05) is 38.1 Å². The Balaban J connectivity index is 1.32. The lowest BCUT2D eigenvalue weighted by Gasteiger charge is -2.60. The van der Waals surface area contributed by atoms with Gasteiger partial charge in [0.25, 0.3) is 10.1 Å². The average molecular weight is 483 g/mol. The molecule has 2 bridgehead atoms. The maximum atomic E-state index is 11.3. The van der Waals surface area contributed by atoms with Crippen LogP contribution in [0.1, 0.15) is 57.6 Å². The van der Waals surface area contributed by atoms with Crippen LogP contribution in [0.15, 0.2) is 24.3 Å². The van der Waals surface area contributed by atoms with Crippen LogP contribution in [0, 0.1) is 23.7 Å². The van der Waals surface area contributed by atoms with E-state index < -0.39 is 34.1 Å². The fourth-order valence-corrected chi connectivity index (χ4v) is 6.58. The Morgan fingerprint density at radius 3 is 2.58 bits per heavy atom. The van der Waals surface area contributed by atoms with E-state index in [-0.39, 0.29) is 18.4 Å². The molecule has 1 aromatic rings. The molecule has 4 aliphatic heterocycles. The van der Waals surface area contributed by atoms with Crippen LogP contribution >= 0.6 is 0 Å². The van der Waals surface area contributed by atoms with E-state index in [1.807, 2.05) is 31.2 Å². The molecule has 1 spiro atoms. The van der Waals surface area contributed by atoms with Crippen LogP contribution in [0.5, 0.6) is 0 Å². The van der Waals surface area contributed by atoms with E-state index >= 15 is 0 Å². The van der Waals surface area contributed by atoms with Crippen LogP contribution in [0.4, 0.5) is 0 Å². The molecule has 184 valence electrons. The predicted molar refractivity (Wildman–Crippen MR) is 118 cm³/mol. The molecular formula is C24H34O8S. The van der Waals surface area contributed by atoms with Crippen molar-refractivity contribution < 1.29 is 36.6 Å². The highest BCUT2D eigenvalue weighted by Crippen LogP contribution is 2.60. The van der Waals surface area contributed by atoms with Crippen molar-refractivity contribution in [2.24, 2.45) is 23.7 Å². The minimum atomic E-state index is -3.50. The van der Waals surface area contributed by atoms with Gasteiger partial charge in [-0.3, -0.25) is 4.18 Å². The van der Waals surface area contributed by atoms with E-state index in [4.69, 9.17) is 28.2 Å². The summed E-state index contributed by atoms with van der Waals surface area (Å²) in [5.74, 6) is 0.334. The van der Waals surface area contributed by atoms with Gasteiger partial charge in [-0.05, 0) is 49.1 Å². The second-order valence-corrected chi connectivity index (χ2v) is 12.0. The first-order chi connectivity index (χ1) is 15.6. The Morgan fingerprint density at radius 2 is 1.82 bits per heavy atom. The Morgan fingerprint density at radius 1 is 1.06 bits per heavy atom. The molecule has 33 heavy (non-hydrogen) atoms. The summed E-state index contributed by atoms with van der Waals surface area (Å²) in [6.07, 6.45) is 3.99. The molecule has 5 fully saturated rings. The monoisotopic (exact) mass is 482 g/mol. The summed E-state index contributed by atoms with van der Waals surface area (Å²) in [6.45, 7) is 6.70. The maximum Gasteiger partial charge on any atom is 0.264 e. The number of hydrogen-bond donors (Lipinski definition) is 0. The van der Waals surface area contributed by atoms with Crippen LogP contribution in [0.2, 0.25) is 0 Å². The molecule has 0 radical (unpaired) electrons. The highest BCUT2D eigenvalue weighted by Gasteiger charge is 2.69. The smallest absolute Gasteiger partial charge is 0.264 e. The average Bonchev–Trinajstić information content (AvgIpc) is 2.99. The molecule has 6 rings (SSSR count). The van der Waals surface area contributed by atoms with Gasteiger partial charge in [-0.2, -0.15) is 8.42 Å². The fraction of sp³-hybridized carbons (Fsp3) is 0.750. The van der Waals surface area contributed by atoms with E-state index in [0.717, 1.165) is 43.1 Å². The lowest BCUT2D eigenvalue weighted by Crippen LogP contribution is -2.70. The van der Waals surface area contributed by atoms with Crippen LogP contribution in [-0.4, -0.2) is 38.6 Å². The van der Waals surface area contributed by atoms with Gasteiger partial charge in [0.05, 0.1) is 19.5 Å². The van der Waals surface area contributed by atoms with Gasteiger partial charge in [0.15, 0.2) is 18.2 Å². The number of fused-ring (bicyclic) bond motifs is 2. The Kier molecular flexibility index (Phi) is 6.13. The normalized spacial score (nSPS) is 42.5. The molecule has 1 saturated carbocycles. The molecule has 1 aromatic carbocycles. The third-order valence-electron chi connectivity index (χ3n) is 7.94. The van der Waals surface area contributed by atoms with Gasteiger partial charge < -0.3 is 14.2 Å². The lowest BCUT2D eigenvalue weighted by molar-refractivity contribution is -0.577. The number of benzene rings is 1. The van der Waals surface area contributed by atoms with Gasteiger partial charge in [-0.15, -0.1) is 0 Å². The highest BCUT2D eigenvalue weighted by molar-refractivity contribution is 7.85. The SMILES string of the molecule is C[C@@H]1CCC2[C@@H](C)[C@@H](OCc3cccc(COS(C)(=O)=O)c3)OC3O[C@]4(C)CC[C@@H]1[C@]32OO4. The first-order valence-corrected chi connectivity index (χ1v) is 13.7. The molecule has 0 N–H and O–H groups in total. The number of rotatable bonds is 6. The van der Waals surface area contributed by atoms with E-state index in [2.05, 4.69) is 13.8 Å². The molecule has 9 heteroatoms. The minimum Gasteiger partial charge on any atom is -0.348 e. The van der Waals surface area contributed by atoms with Crippen molar-refractivity contribution in [1.29, 1.82) is 0 Å². The zero-order chi connectivity index (χ0) is 23.4. The second kappa shape index (κ2) is 8.55. The summed E-state index contributed by atoms with van der Waals surface area (Å²) in [4.78, 5) is 12.0. The summed E-state index contributed by atoms with van der Waals surface area (Å²) in [5, 5.41) is 0. The van der Waals surface area contributed by atoms with Gasteiger partial charge in [0.2, 0.25) is 5.79 Å². The summed E-state index contributed by atoms with van der Waals surface area (Å²) in [7, 11) is -3.50. The molecule has 0 aromatic heterocycles. The fourth-order valence-electron chi connectivity index (χ4n) is 6.23. The lowest BCUT2D eigenvalue weighted by atomic mass is 9.58. The van der Waals surface area contributed by atoms with Crippen molar-refractivity contribution in [1.82, 2.24) is 0 Å². The maximum absolute atomic E-state index is 11.3. The van der Waals surface area contributed by atoms with E-state index in [9.17, 15) is 8.42 Å². The molecule has 8 atom stereocenters. The molecular weight excluding hydrogens is 448 g/mol. The standard InChI is InChI=1S/C24H34O8S/c1-15-8-9-20-16(2)21(27-13-17-6-5-7-18(12-17)14-28-33(4,25)26)29-22-24(20)19(15)10-11-23(3,30-22)31-32-24/h5-7,12,15-16,19-22H,8-11,13-14H2,1-4H3/t15-,16-,19+,20?,21+,22?,23+,24-/m1/s1. The Labute approximate surface area is 195 Å². The Bertz CT molecular complexity index is 982. The van der Waals surface area contributed by atoms with Gasteiger partial charge in [0, 0.05) is 18.3 Å². The van der Waals surface area contributed by atoms with Crippen LogP contribution < -0.4 is 0 Å². The van der Waals surface area contributed by atoms with E-state index in [1.54, 1.807) is 0 Å². The summed E-state index contributed by atoms with van der Waals surface area (Å²) in [6, 6.07) is 7.53. The van der Waals surface area contributed by atoms with Crippen molar-refractivity contribution in [3.8, 4) is 0 Å². The summed E-state index contributed by atoms with van der Waals surface area (Å²) < 4.78 is 46.6. The zero-order valence-corrected chi connectivity index (χ0v) is 20.5. The molecule has 4 heterocycles. The quantitative estimate of drug-likeness (QED) is 0.446. The molecule has 5 aliphatic rings. The van der Waals surface area contributed by atoms with Crippen molar-refractivity contribution in [3.05, 3.63) is 35.4 Å². The first kappa shape index (κ1) is 23.7. The molecule has 1 aliphatic carbocycles. The number of ether oxygens (including phenoxy) is 3. The van der Waals surface area contributed by atoms with Crippen molar-refractivity contribution in [3.63, 3.8) is 0 Å². The third-order valence-corrected chi connectivity index (χ3v) is 8.49. The van der Waals surface area contributed by atoms with E-state index in [0.29, 0.717) is 18.4 Å².